The van der Waals surface area contributed by atoms with Crippen LogP contribution in [0.15, 0.2) is 24.3 Å². The number of amides is 3. The molecule has 0 spiro atoms. The van der Waals surface area contributed by atoms with E-state index in [9.17, 15) is 27.6 Å². The Hall–Kier alpha value is -2.58. The molecule has 3 atom stereocenters. The van der Waals surface area contributed by atoms with Crippen molar-refractivity contribution in [1.82, 2.24) is 15.1 Å². The Morgan fingerprint density at radius 2 is 1.84 bits per heavy atom. The van der Waals surface area contributed by atoms with Crippen molar-refractivity contribution in [2.24, 2.45) is 11.8 Å². The smallest absolute Gasteiger partial charge is 0.356 e. The van der Waals surface area contributed by atoms with E-state index in [4.69, 9.17) is 0 Å². The first-order valence-corrected chi connectivity index (χ1v) is 10.5. The molecule has 2 aliphatic heterocycles. The van der Waals surface area contributed by atoms with Crippen LogP contribution in [-0.2, 0) is 20.6 Å². The molecule has 0 aliphatic carbocycles. The van der Waals surface area contributed by atoms with Gasteiger partial charge in [0.15, 0.2) is 0 Å². The van der Waals surface area contributed by atoms with Gasteiger partial charge in [-0.05, 0) is 42.9 Å². The van der Waals surface area contributed by atoms with Crippen LogP contribution in [0.25, 0.3) is 0 Å². The largest absolute Gasteiger partial charge is 0.416 e. The van der Waals surface area contributed by atoms with Crippen molar-refractivity contribution < 1.29 is 27.6 Å². The number of likely N-dealkylation sites (tertiary alicyclic amines) is 2. The summed E-state index contributed by atoms with van der Waals surface area (Å²) in [6.45, 7) is 3.08. The summed E-state index contributed by atoms with van der Waals surface area (Å²) in [6, 6.07) is 4.10. The molecule has 3 amide bonds. The normalized spacial score (nSPS) is 24.8. The van der Waals surface area contributed by atoms with Gasteiger partial charge in [-0.15, -0.1) is 0 Å². The summed E-state index contributed by atoms with van der Waals surface area (Å²) >= 11 is 0. The SMILES string of the molecule is CC(=O)NCC1CCCN(C(=O)C2CCC(=O)N(C)C2c2ccc(C(F)(F)F)cc2)C1. The number of halogens is 3. The number of benzene rings is 1. The highest BCUT2D eigenvalue weighted by Gasteiger charge is 2.41. The maximum Gasteiger partial charge on any atom is 0.416 e. The van der Waals surface area contributed by atoms with Gasteiger partial charge in [-0.3, -0.25) is 14.4 Å². The second kappa shape index (κ2) is 9.28. The number of nitrogens with zero attached hydrogens (tertiary/aromatic N) is 2. The highest BCUT2D eigenvalue weighted by Crippen LogP contribution is 2.39. The van der Waals surface area contributed by atoms with Gasteiger partial charge in [0.1, 0.15) is 0 Å². The summed E-state index contributed by atoms with van der Waals surface area (Å²) in [5.41, 5.74) is -0.241. The molecule has 31 heavy (non-hydrogen) atoms. The fraction of sp³-hybridized carbons (Fsp3) is 0.591. The lowest BCUT2D eigenvalue weighted by Gasteiger charge is -2.42. The molecular formula is C22H28F3N3O3. The van der Waals surface area contributed by atoms with Gasteiger partial charge >= 0.3 is 6.18 Å². The predicted molar refractivity (Wildman–Crippen MR) is 108 cm³/mol. The summed E-state index contributed by atoms with van der Waals surface area (Å²) < 4.78 is 38.8. The van der Waals surface area contributed by atoms with Crippen LogP contribution in [0.2, 0.25) is 0 Å². The molecule has 2 heterocycles. The highest BCUT2D eigenvalue weighted by atomic mass is 19.4. The lowest BCUT2D eigenvalue weighted by Crippen LogP contribution is -2.50. The number of hydrogen-bond acceptors (Lipinski definition) is 3. The molecule has 6 nitrogen and oxygen atoms in total. The van der Waals surface area contributed by atoms with Gasteiger partial charge in [0.25, 0.3) is 0 Å². The summed E-state index contributed by atoms with van der Waals surface area (Å²) in [7, 11) is 1.60. The number of rotatable bonds is 4. The van der Waals surface area contributed by atoms with E-state index < -0.39 is 23.7 Å². The fourth-order valence-corrected chi connectivity index (χ4v) is 4.58. The molecule has 0 radical (unpaired) electrons. The minimum atomic E-state index is -4.45. The second-order valence-corrected chi connectivity index (χ2v) is 8.44. The number of carbonyl (C=O) groups excluding carboxylic acids is 3. The average molecular weight is 439 g/mol. The van der Waals surface area contributed by atoms with Crippen molar-refractivity contribution in [3.63, 3.8) is 0 Å². The third-order valence-corrected chi connectivity index (χ3v) is 6.23. The summed E-state index contributed by atoms with van der Waals surface area (Å²) in [6.07, 6.45) is -2.12. The van der Waals surface area contributed by atoms with Crippen LogP contribution in [0.4, 0.5) is 13.2 Å². The van der Waals surface area contributed by atoms with Gasteiger partial charge in [-0.25, -0.2) is 0 Å². The maximum absolute atomic E-state index is 13.4. The van der Waals surface area contributed by atoms with Crippen LogP contribution in [-0.4, -0.2) is 54.2 Å². The zero-order valence-electron chi connectivity index (χ0n) is 17.7. The monoisotopic (exact) mass is 439 g/mol. The quantitative estimate of drug-likeness (QED) is 0.784. The lowest BCUT2D eigenvalue weighted by atomic mass is 9.82. The van der Waals surface area contributed by atoms with E-state index in [1.807, 2.05) is 0 Å². The molecule has 2 fully saturated rings. The van der Waals surface area contributed by atoms with Crippen molar-refractivity contribution in [3.05, 3.63) is 35.4 Å². The van der Waals surface area contributed by atoms with Crippen LogP contribution < -0.4 is 5.32 Å². The minimum absolute atomic E-state index is 0.0863. The molecule has 2 saturated heterocycles. The van der Waals surface area contributed by atoms with Crippen molar-refractivity contribution in [2.75, 3.05) is 26.7 Å². The minimum Gasteiger partial charge on any atom is -0.356 e. The van der Waals surface area contributed by atoms with E-state index in [0.717, 1.165) is 25.0 Å². The Bertz CT molecular complexity index is 826. The van der Waals surface area contributed by atoms with Gasteiger partial charge in [0, 0.05) is 40.0 Å². The standard InChI is InChI=1S/C22H28F3N3O3/c1-14(29)26-12-15-4-3-11-28(13-15)21(31)18-9-10-19(30)27(2)20(18)16-5-7-17(8-6-16)22(23,24)25/h5-8,15,18,20H,3-4,9-13H2,1-2H3,(H,26,29). The average Bonchev–Trinajstić information content (AvgIpc) is 2.73. The fourth-order valence-electron chi connectivity index (χ4n) is 4.58. The van der Waals surface area contributed by atoms with E-state index in [1.54, 1.807) is 11.9 Å². The topological polar surface area (TPSA) is 69.7 Å². The van der Waals surface area contributed by atoms with Crippen molar-refractivity contribution >= 4 is 17.7 Å². The summed E-state index contributed by atoms with van der Waals surface area (Å²) in [5.74, 6) is -0.681. The van der Waals surface area contributed by atoms with Crippen molar-refractivity contribution in [3.8, 4) is 0 Å². The summed E-state index contributed by atoms with van der Waals surface area (Å²) in [5, 5.41) is 2.80. The number of alkyl halides is 3. The van der Waals surface area contributed by atoms with Crippen LogP contribution in [0.3, 0.4) is 0 Å². The van der Waals surface area contributed by atoms with Gasteiger partial charge in [-0.1, -0.05) is 12.1 Å². The Morgan fingerprint density at radius 3 is 2.45 bits per heavy atom. The Balaban J connectivity index is 1.79. The molecule has 170 valence electrons. The van der Waals surface area contributed by atoms with E-state index in [1.165, 1.54) is 24.0 Å². The van der Waals surface area contributed by atoms with Crippen molar-refractivity contribution in [1.29, 1.82) is 0 Å². The molecule has 3 rings (SSSR count). The molecule has 1 aromatic rings. The molecule has 2 aliphatic rings. The zero-order chi connectivity index (χ0) is 22.8. The molecule has 3 unspecified atom stereocenters. The summed E-state index contributed by atoms with van der Waals surface area (Å²) in [4.78, 5) is 40.2. The molecule has 1 aromatic carbocycles. The number of nitrogens with one attached hydrogen (secondary N) is 1. The van der Waals surface area contributed by atoms with Gasteiger partial charge in [0.05, 0.1) is 17.5 Å². The van der Waals surface area contributed by atoms with E-state index in [2.05, 4.69) is 5.32 Å². The lowest BCUT2D eigenvalue weighted by molar-refractivity contribution is -0.148. The first kappa shape index (κ1) is 23.1. The molecule has 1 N–H and O–H groups in total. The van der Waals surface area contributed by atoms with Gasteiger partial charge in [0.2, 0.25) is 17.7 Å². The van der Waals surface area contributed by atoms with Crippen LogP contribution >= 0.6 is 0 Å². The van der Waals surface area contributed by atoms with Gasteiger partial charge in [-0.2, -0.15) is 13.2 Å². The first-order valence-electron chi connectivity index (χ1n) is 10.5. The zero-order valence-corrected chi connectivity index (χ0v) is 17.7. The number of hydrogen-bond donors (Lipinski definition) is 1. The number of piperidine rings is 2. The first-order chi connectivity index (χ1) is 14.6. The number of carbonyl (C=O) groups is 3. The molecule has 9 heteroatoms. The van der Waals surface area contributed by atoms with E-state index >= 15 is 0 Å². The van der Waals surface area contributed by atoms with E-state index in [-0.39, 0.29) is 30.1 Å². The van der Waals surface area contributed by atoms with Crippen LogP contribution in [0, 0.1) is 11.8 Å². The molecule has 0 saturated carbocycles. The van der Waals surface area contributed by atoms with E-state index in [0.29, 0.717) is 31.6 Å². The predicted octanol–water partition coefficient (Wildman–Crippen LogP) is 2.99. The maximum atomic E-state index is 13.4. The van der Waals surface area contributed by atoms with Crippen LogP contribution in [0.1, 0.15) is 49.8 Å². The Morgan fingerprint density at radius 1 is 1.16 bits per heavy atom. The third-order valence-electron chi connectivity index (χ3n) is 6.23. The van der Waals surface area contributed by atoms with Crippen LogP contribution in [0.5, 0.6) is 0 Å². The third kappa shape index (κ3) is 5.37. The molecule has 0 bridgehead atoms. The van der Waals surface area contributed by atoms with Gasteiger partial charge < -0.3 is 15.1 Å². The Kier molecular flexibility index (Phi) is 6.91. The molecular weight excluding hydrogens is 411 g/mol. The Labute approximate surface area is 179 Å². The molecule has 0 aromatic heterocycles. The second-order valence-electron chi connectivity index (χ2n) is 8.44. The highest BCUT2D eigenvalue weighted by molar-refractivity contribution is 5.85. The van der Waals surface area contributed by atoms with Crippen molar-refractivity contribution in [2.45, 2.75) is 44.8 Å².